The fourth-order valence-corrected chi connectivity index (χ4v) is 4.13. The minimum atomic E-state index is -1.03. The van der Waals surface area contributed by atoms with Crippen LogP contribution >= 0.6 is 0 Å². The van der Waals surface area contributed by atoms with E-state index < -0.39 is 42.0 Å². The molecule has 2 aromatic carbocycles. The van der Waals surface area contributed by atoms with E-state index in [0.717, 1.165) is 22.6 Å². The van der Waals surface area contributed by atoms with Gasteiger partial charge in [0.05, 0.1) is 12.5 Å². The first kappa shape index (κ1) is 23.5. The highest BCUT2D eigenvalue weighted by Crippen LogP contribution is 2.29. The molecule has 0 aliphatic carbocycles. The van der Waals surface area contributed by atoms with Crippen LogP contribution < -0.4 is 5.73 Å². The van der Waals surface area contributed by atoms with E-state index in [2.05, 4.69) is 0 Å². The number of amides is 3. The van der Waals surface area contributed by atoms with Gasteiger partial charge in [-0.15, -0.1) is 0 Å². The molecule has 1 aliphatic rings. The summed E-state index contributed by atoms with van der Waals surface area (Å²) in [5.41, 5.74) is 6.92. The van der Waals surface area contributed by atoms with Gasteiger partial charge in [-0.1, -0.05) is 30.3 Å². The molecule has 0 spiro atoms. The SMILES string of the molecule is C[C@H](N)C(=O)N(C(=O)Cc1cc(F)cc(F)c1)[C@H]1CC[C@@H](c2ccccc2)CN(C)C1=O. The van der Waals surface area contributed by atoms with Crippen LogP contribution in [0.15, 0.2) is 48.5 Å². The van der Waals surface area contributed by atoms with Gasteiger partial charge >= 0.3 is 0 Å². The van der Waals surface area contributed by atoms with Gasteiger partial charge in [-0.3, -0.25) is 19.3 Å². The van der Waals surface area contributed by atoms with Crippen LogP contribution in [0.25, 0.3) is 0 Å². The van der Waals surface area contributed by atoms with Gasteiger partial charge in [-0.05, 0) is 43.0 Å². The second-order valence-electron chi connectivity index (χ2n) is 8.26. The highest BCUT2D eigenvalue weighted by molar-refractivity contribution is 6.02. The number of halogens is 2. The molecule has 0 bridgehead atoms. The summed E-state index contributed by atoms with van der Waals surface area (Å²) in [5, 5.41) is 0. The Kier molecular flexibility index (Phi) is 7.35. The summed E-state index contributed by atoms with van der Waals surface area (Å²) in [5.74, 6) is -3.38. The first-order valence-electron chi connectivity index (χ1n) is 10.5. The molecule has 1 aliphatic heterocycles. The van der Waals surface area contributed by atoms with Crippen LogP contribution in [0.3, 0.4) is 0 Å². The van der Waals surface area contributed by atoms with E-state index in [1.807, 2.05) is 30.3 Å². The number of benzene rings is 2. The van der Waals surface area contributed by atoms with Crippen molar-refractivity contribution in [3.63, 3.8) is 0 Å². The lowest BCUT2D eigenvalue weighted by molar-refractivity contribution is -0.154. The highest BCUT2D eigenvalue weighted by Gasteiger charge is 2.39. The number of hydrogen-bond donors (Lipinski definition) is 1. The zero-order valence-corrected chi connectivity index (χ0v) is 18.1. The average molecular weight is 443 g/mol. The second kappa shape index (κ2) is 9.99. The number of carbonyl (C=O) groups is 3. The molecule has 1 heterocycles. The Morgan fingerprint density at radius 1 is 1.12 bits per heavy atom. The van der Waals surface area contributed by atoms with E-state index in [1.165, 1.54) is 11.8 Å². The third-order valence-electron chi connectivity index (χ3n) is 5.70. The maximum absolute atomic E-state index is 13.6. The smallest absolute Gasteiger partial charge is 0.246 e. The molecule has 2 N–H and O–H groups in total. The number of hydrogen-bond acceptors (Lipinski definition) is 4. The first-order valence-corrected chi connectivity index (χ1v) is 10.5. The Bertz CT molecular complexity index is 977. The maximum Gasteiger partial charge on any atom is 0.246 e. The molecule has 2 aromatic rings. The van der Waals surface area contributed by atoms with Crippen LogP contribution in [-0.2, 0) is 20.8 Å². The summed E-state index contributed by atoms with van der Waals surface area (Å²) in [6, 6.07) is 10.4. The number of carbonyl (C=O) groups excluding carboxylic acids is 3. The monoisotopic (exact) mass is 443 g/mol. The number of likely N-dealkylation sites (tertiary alicyclic amines) is 1. The van der Waals surface area contributed by atoms with Crippen molar-refractivity contribution in [3.8, 4) is 0 Å². The summed E-state index contributed by atoms with van der Waals surface area (Å²) in [4.78, 5) is 41.6. The lowest BCUT2D eigenvalue weighted by Crippen LogP contribution is -2.56. The predicted molar refractivity (Wildman–Crippen MR) is 115 cm³/mol. The molecule has 3 atom stereocenters. The van der Waals surface area contributed by atoms with Crippen molar-refractivity contribution in [1.82, 2.24) is 9.80 Å². The molecule has 1 fully saturated rings. The van der Waals surface area contributed by atoms with E-state index in [9.17, 15) is 23.2 Å². The summed E-state index contributed by atoms with van der Waals surface area (Å²) >= 11 is 0. The summed E-state index contributed by atoms with van der Waals surface area (Å²) in [6.45, 7) is 1.88. The van der Waals surface area contributed by atoms with Gasteiger partial charge < -0.3 is 10.6 Å². The van der Waals surface area contributed by atoms with E-state index in [1.54, 1.807) is 7.05 Å². The van der Waals surface area contributed by atoms with Crippen LogP contribution in [-0.4, -0.2) is 53.2 Å². The van der Waals surface area contributed by atoms with E-state index >= 15 is 0 Å². The predicted octanol–water partition coefficient (Wildman–Crippen LogP) is 2.61. The standard InChI is InChI=1S/C24H27F2N3O3/c1-15(27)23(31)29(22(30)12-16-10-19(25)13-20(26)11-16)21-9-8-18(14-28(2)24(21)32)17-6-4-3-5-7-17/h3-7,10-11,13,15,18,21H,8-9,12,14,27H2,1-2H3/t15-,18+,21-/m0/s1. The summed E-state index contributed by atoms with van der Waals surface area (Å²) < 4.78 is 27.2. The fraction of sp³-hybridized carbons (Fsp3) is 0.375. The Morgan fingerprint density at radius 2 is 1.75 bits per heavy atom. The lowest BCUT2D eigenvalue weighted by Gasteiger charge is -2.31. The summed E-state index contributed by atoms with van der Waals surface area (Å²) in [6.07, 6.45) is 0.419. The van der Waals surface area contributed by atoms with Crippen molar-refractivity contribution >= 4 is 17.7 Å². The van der Waals surface area contributed by atoms with Crippen LogP contribution in [0.2, 0.25) is 0 Å². The molecule has 3 amide bonds. The maximum atomic E-state index is 13.6. The van der Waals surface area contributed by atoms with E-state index in [-0.39, 0.29) is 23.8 Å². The minimum absolute atomic E-state index is 0.0508. The second-order valence-corrected chi connectivity index (χ2v) is 8.26. The molecule has 32 heavy (non-hydrogen) atoms. The molecule has 170 valence electrons. The Balaban J connectivity index is 1.89. The zero-order valence-electron chi connectivity index (χ0n) is 18.1. The molecule has 0 radical (unpaired) electrons. The topological polar surface area (TPSA) is 83.7 Å². The van der Waals surface area contributed by atoms with Crippen LogP contribution in [0, 0.1) is 11.6 Å². The largest absolute Gasteiger partial charge is 0.343 e. The lowest BCUT2D eigenvalue weighted by atomic mass is 9.93. The minimum Gasteiger partial charge on any atom is -0.343 e. The van der Waals surface area contributed by atoms with Gasteiger partial charge in [0.25, 0.3) is 0 Å². The Labute approximate surface area is 186 Å². The van der Waals surface area contributed by atoms with Crippen molar-refractivity contribution in [2.45, 2.75) is 44.2 Å². The Morgan fingerprint density at radius 3 is 2.34 bits per heavy atom. The fourth-order valence-electron chi connectivity index (χ4n) is 4.13. The van der Waals surface area contributed by atoms with Crippen LogP contribution in [0.1, 0.15) is 36.8 Å². The third kappa shape index (κ3) is 5.37. The van der Waals surface area contributed by atoms with Crippen LogP contribution in [0.4, 0.5) is 8.78 Å². The van der Waals surface area contributed by atoms with Gasteiger partial charge in [0.2, 0.25) is 17.7 Å². The van der Waals surface area contributed by atoms with E-state index in [0.29, 0.717) is 19.0 Å². The van der Waals surface area contributed by atoms with Crippen LogP contribution in [0.5, 0.6) is 0 Å². The summed E-state index contributed by atoms with van der Waals surface area (Å²) in [7, 11) is 1.64. The van der Waals surface area contributed by atoms with Gasteiger partial charge in [0.15, 0.2) is 0 Å². The number of imide groups is 1. The van der Waals surface area contributed by atoms with Crippen molar-refractivity contribution in [3.05, 3.63) is 71.3 Å². The van der Waals surface area contributed by atoms with Gasteiger partial charge in [-0.25, -0.2) is 8.78 Å². The molecule has 0 unspecified atom stereocenters. The number of nitrogens with two attached hydrogens (primary N) is 1. The molecule has 6 nitrogen and oxygen atoms in total. The first-order chi connectivity index (χ1) is 15.2. The van der Waals surface area contributed by atoms with Gasteiger partial charge in [0, 0.05) is 25.6 Å². The average Bonchev–Trinajstić information content (AvgIpc) is 2.87. The van der Waals surface area contributed by atoms with Crippen molar-refractivity contribution in [2.75, 3.05) is 13.6 Å². The number of nitrogens with zero attached hydrogens (tertiary/aromatic N) is 2. The molecular formula is C24H27F2N3O3. The zero-order chi connectivity index (χ0) is 23.4. The molecular weight excluding hydrogens is 416 g/mol. The van der Waals surface area contributed by atoms with Crippen molar-refractivity contribution in [2.24, 2.45) is 5.73 Å². The molecule has 0 saturated carbocycles. The molecule has 0 aromatic heterocycles. The molecule has 3 rings (SSSR count). The molecule has 8 heteroatoms. The van der Waals surface area contributed by atoms with Gasteiger partial charge in [0.1, 0.15) is 17.7 Å². The number of rotatable bonds is 5. The normalized spacial score (nSPS) is 19.9. The third-order valence-corrected chi connectivity index (χ3v) is 5.70. The van der Waals surface area contributed by atoms with Crippen molar-refractivity contribution in [1.29, 1.82) is 0 Å². The quantitative estimate of drug-likeness (QED) is 0.770. The van der Waals surface area contributed by atoms with Crippen molar-refractivity contribution < 1.29 is 23.2 Å². The Hall–Kier alpha value is -3.13. The van der Waals surface area contributed by atoms with Gasteiger partial charge in [-0.2, -0.15) is 0 Å². The number of likely N-dealkylation sites (N-methyl/N-ethyl adjacent to an activating group) is 1. The highest BCUT2D eigenvalue weighted by atomic mass is 19.1. The van der Waals surface area contributed by atoms with E-state index in [4.69, 9.17) is 5.73 Å². The molecule has 1 saturated heterocycles.